The summed E-state index contributed by atoms with van der Waals surface area (Å²) in [4.78, 5) is 0. The third-order valence-corrected chi connectivity index (χ3v) is 3.69. The van der Waals surface area contributed by atoms with E-state index in [1.807, 2.05) is 0 Å². The van der Waals surface area contributed by atoms with Crippen molar-refractivity contribution < 1.29 is 4.39 Å². The van der Waals surface area contributed by atoms with Crippen molar-refractivity contribution in [1.82, 2.24) is 0 Å². The number of hydrogen-bond donors (Lipinski definition) is 1. The molecular formula is C18H30FN. The topological polar surface area (TPSA) is 26.0 Å². The molecule has 0 saturated heterocycles. The van der Waals surface area contributed by atoms with Crippen LogP contribution in [0.15, 0.2) is 18.2 Å². The zero-order chi connectivity index (χ0) is 15.6. The monoisotopic (exact) mass is 279 g/mol. The van der Waals surface area contributed by atoms with E-state index in [0.717, 1.165) is 6.42 Å². The molecule has 114 valence electrons. The number of halogens is 1. The summed E-state index contributed by atoms with van der Waals surface area (Å²) in [6, 6.07) is 6.44. The Bertz CT molecular complexity index is 438. The maximum Gasteiger partial charge on any atom is 0.113 e. The second-order valence-electron chi connectivity index (χ2n) is 7.71. The quantitative estimate of drug-likeness (QED) is 0.862. The van der Waals surface area contributed by atoms with Crippen LogP contribution in [0.2, 0.25) is 0 Å². The van der Waals surface area contributed by atoms with Gasteiger partial charge in [-0.25, -0.2) is 4.39 Å². The summed E-state index contributed by atoms with van der Waals surface area (Å²) in [7, 11) is 0. The molecule has 0 spiro atoms. The van der Waals surface area contributed by atoms with Crippen LogP contribution in [0, 0.1) is 0 Å². The van der Waals surface area contributed by atoms with Crippen molar-refractivity contribution in [3.8, 4) is 0 Å². The van der Waals surface area contributed by atoms with Gasteiger partial charge in [0, 0.05) is 6.54 Å². The number of alkyl halides is 1. The highest BCUT2D eigenvalue weighted by atomic mass is 19.1. The lowest BCUT2D eigenvalue weighted by Gasteiger charge is -2.32. The first-order valence-corrected chi connectivity index (χ1v) is 7.54. The molecular weight excluding hydrogens is 249 g/mol. The van der Waals surface area contributed by atoms with Crippen LogP contribution in [0.25, 0.3) is 0 Å². The van der Waals surface area contributed by atoms with Gasteiger partial charge in [-0.2, -0.15) is 0 Å². The van der Waals surface area contributed by atoms with Crippen LogP contribution in [0.1, 0.15) is 64.7 Å². The molecule has 1 unspecified atom stereocenters. The lowest BCUT2D eigenvalue weighted by atomic mass is 9.72. The molecule has 1 nitrogen and oxygen atoms in total. The van der Waals surface area contributed by atoms with E-state index in [0.29, 0.717) is 6.42 Å². The van der Waals surface area contributed by atoms with Crippen molar-refractivity contribution in [3.63, 3.8) is 0 Å². The van der Waals surface area contributed by atoms with Crippen LogP contribution in [0.5, 0.6) is 0 Å². The Morgan fingerprint density at radius 3 is 2.10 bits per heavy atom. The first-order chi connectivity index (χ1) is 9.07. The van der Waals surface area contributed by atoms with Crippen LogP contribution < -0.4 is 5.73 Å². The fraction of sp³-hybridized carbons (Fsp3) is 0.667. The fourth-order valence-electron chi connectivity index (χ4n) is 2.75. The van der Waals surface area contributed by atoms with Crippen molar-refractivity contribution in [1.29, 1.82) is 0 Å². The minimum Gasteiger partial charge on any atom is -0.328 e. The molecule has 20 heavy (non-hydrogen) atoms. The van der Waals surface area contributed by atoms with Gasteiger partial charge in [0.05, 0.1) is 0 Å². The first kappa shape index (κ1) is 17.2. The summed E-state index contributed by atoms with van der Waals surface area (Å²) < 4.78 is 13.5. The van der Waals surface area contributed by atoms with E-state index in [9.17, 15) is 4.39 Å². The van der Waals surface area contributed by atoms with Crippen molar-refractivity contribution in [3.05, 3.63) is 34.9 Å². The minimum atomic E-state index is -0.902. The zero-order valence-corrected chi connectivity index (χ0v) is 13.9. The summed E-state index contributed by atoms with van der Waals surface area (Å²) in [5.74, 6) is 0. The Kier molecular flexibility index (Phi) is 5.37. The lowest BCUT2D eigenvalue weighted by molar-refractivity contribution is 0.322. The van der Waals surface area contributed by atoms with E-state index in [1.54, 1.807) is 0 Å². The molecule has 0 heterocycles. The third kappa shape index (κ3) is 4.31. The second kappa shape index (κ2) is 6.26. The van der Waals surface area contributed by atoms with Crippen LogP contribution in [-0.2, 0) is 17.3 Å². The number of hydrogen-bond acceptors (Lipinski definition) is 1. The zero-order valence-electron chi connectivity index (χ0n) is 13.9. The molecule has 0 aromatic heterocycles. The summed E-state index contributed by atoms with van der Waals surface area (Å²) >= 11 is 0. The van der Waals surface area contributed by atoms with Gasteiger partial charge in [-0.1, -0.05) is 59.7 Å². The molecule has 2 heteroatoms. The maximum atomic E-state index is 13.5. The van der Waals surface area contributed by atoms with Crippen LogP contribution >= 0.6 is 0 Å². The van der Waals surface area contributed by atoms with Crippen LogP contribution in [0.4, 0.5) is 4.39 Å². The van der Waals surface area contributed by atoms with Gasteiger partial charge in [0.25, 0.3) is 0 Å². The highest BCUT2D eigenvalue weighted by Crippen LogP contribution is 2.36. The van der Waals surface area contributed by atoms with Crippen LogP contribution in [-0.4, -0.2) is 12.7 Å². The average molecular weight is 279 g/mol. The molecule has 0 aliphatic rings. The highest BCUT2D eigenvalue weighted by molar-refractivity contribution is 5.43. The van der Waals surface area contributed by atoms with Crippen molar-refractivity contribution >= 4 is 0 Å². The summed E-state index contributed by atoms with van der Waals surface area (Å²) in [6.07, 6.45) is 0.364. The van der Waals surface area contributed by atoms with Crippen molar-refractivity contribution in [2.75, 3.05) is 6.54 Å². The molecule has 0 amide bonds. The third-order valence-electron chi connectivity index (χ3n) is 3.69. The van der Waals surface area contributed by atoms with Gasteiger partial charge in [-0.05, 0) is 40.4 Å². The maximum absolute atomic E-state index is 13.5. The molecule has 1 rings (SSSR count). The molecule has 1 aromatic carbocycles. The second-order valence-corrected chi connectivity index (χ2v) is 7.71. The molecule has 0 aliphatic carbocycles. The van der Waals surface area contributed by atoms with E-state index in [-0.39, 0.29) is 17.4 Å². The Labute approximate surface area is 123 Å². The summed E-state index contributed by atoms with van der Waals surface area (Å²) in [5, 5.41) is 0. The fourth-order valence-corrected chi connectivity index (χ4v) is 2.75. The number of aryl methyl sites for hydroxylation is 1. The average Bonchev–Trinajstić information content (AvgIpc) is 2.33. The smallest absolute Gasteiger partial charge is 0.113 e. The summed E-state index contributed by atoms with van der Waals surface area (Å²) in [6.45, 7) is 13.5. The standard InChI is InChI=1S/C18H30FN/c1-17(2,3)15-9-7-8-13(10-11-14(19)12-20)16(15)18(4,5)6/h7-9,14H,10-12,20H2,1-6H3. The van der Waals surface area contributed by atoms with Gasteiger partial charge < -0.3 is 5.73 Å². The largest absolute Gasteiger partial charge is 0.328 e. The first-order valence-electron chi connectivity index (χ1n) is 7.54. The predicted molar refractivity (Wildman–Crippen MR) is 86.1 cm³/mol. The number of nitrogens with two attached hydrogens (primary N) is 1. The van der Waals surface area contributed by atoms with Gasteiger partial charge in [-0.3, -0.25) is 0 Å². The van der Waals surface area contributed by atoms with Gasteiger partial charge in [0.2, 0.25) is 0 Å². The molecule has 0 radical (unpaired) electrons. The molecule has 0 bridgehead atoms. The predicted octanol–water partition coefficient (Wildman–Crippen LogP) is 4.51. The number of benzene rings is 1. The Balaban J connectivity index is 3.24. The molecule has 0 fully saturated rings. The van der Waals surface area contributed by atoms with E-state index < -0.39 is 6.17 Å². The summed E-state index contributed by atoms with van der Waals surface area (Å²) in [5.41, 5.74) is 9.55. The molecule has 2 N–H and O–H groups in total. The van der Waals surface area contributed by atoms with Gasteiger partial charge in [-0.15, -0.1) is 0 Å². The van der Waals surface area contributed by atoms with Gasteiger partial charge >= 0.3 is 0 Å². The molecule has 1 atom stereocenters. The Morgan fingerprint density at radius 2 is 1.65 bits per heavy atom. The molecule has 1 aromatic rings. The van der Waals surface area contributed by atoms with Crippen LogP contribution in [0.3, 0.4) is 0 Å². The molecule has 0 aliphatic heterocycles. The molecule has 0 saturated carbocycles. The minimum absolute atomic E-state index is 0.0632. The van der Waals surface area contributed by atoms with Gasteiger partial charge in [0.15, 0.2) is 0 Å². The van der Waals surface area contributed by atoms with E-state index in [1.165, 1.54) is 16.7 Å². The normalized spacial score (nSPS) is 14.4. The van der Waals surface area contributed by atoms with Crippen molar-refractivity contribution in [2.24, 2.45) is 5.73 Å². The SMILES string of the molecule is CC(C)(C)c1cccc(CCC(F)CN)c1C(C)(C)C. The number of rotatable bonds is 4. The van der Waals surface area contributed by atoms with E-state index >= 15 is 0 Å². The Hall–Kier alpha value is -0.890. The van der Waals surface area contributed by atoms with E-state index in [4.69, 9.17) is 5.73 Å². The highest BCUT2D eigenvalue weighted by Gasteiger charge is 2.27. The van der Waals surface area contributed by atoms with Crippen molar-refractivity contribution in [2.45, 2.75) is 71.4 Å². The van der Waals surface area contributed by atoms with E-state index in [2.05, 4.69) is 59.7 Å². The lowest BCUT2D eigenvalue weighted by Crippen LogP contribution is -2.24. The van der Waals surface area contributed by atoms with Gasteiger partial charge in [0.1, 0.15) is 6.17 Å². The Morgan fingerprint density at radius 1 is 1.05 bits per heavy atom.